The Labute approximate surface area is 175 Å². The zero-order valence-electron chi connectivity index (χ0n) is 17.1. The molecule has 2 aromatic rings. The molecule has 30 heavy (non-hydrogen) atoms. The number of rotatable bonds is 5. The van der Waals surface area contributed by atoms with Crippen LogP contribution in [0.1, 0.15) is 24.5 Å². The van der Waals surface area contributed by atoms with Gasteiger partial charge in [-0.2, -0.15) is 15.6 Å². The van der Waals surface area contributed by atoms with E-state index in [1.54, 1.807) is 17.8 Å². The van der Waals surface area contributed by atoms with Gasteiger partial charge in [-0.3, -0.25) is 9.89 Å². The third kappa shape index (κ3) is 3.44. The fraction of sp³-hybridized carbons (Fsp3) is 0.429. The molecule has 1 atom stereocenters. The van der Waals surface area contributed by atoms with E-state index >= 15 is 0 Å². The minimum Gasteiger partial charge on any atom is -0.494 e. The molecule has 4 heterocycles. The van der Waals surface area contributed by atoms with Gasteiger partial charge in [-0.05, 0) is 19.4 Å². The minimum absolute atomic E-state index is 0.219. The number of nitrogens with zero attached hydrogens (tertiary/aromatic N) is 7. The number of aliphatic imine (C=N–C) groups is 1. The summed E-state index contributed by atoms with van der Waals surface area (Å²) in [6.45, 7) is 5.40. The third-order valence-electron chi connectivity index (χ3n) is 5.87. The number of aromatic nitrogens is 2. The Kier molecular flexibility index (Phi) is 5.30. The van der Waals surface area contributed by atoms with Gasteiger partial charge in [0.1, 0.15) is 22.9 Å². The van der Waals surface area contributed by atoms with Gasteiger partial charge in [-0.25, -0.2) is 4.52 Å². The number of likely N-dealkylation sites (tertiary alicyclic amines) is 2. The predicted molar refractivity (Wildman–Crippen MR) is 113 cm³/mol. The summed E-state index contributed by atoms with van der Waals surface area (Å²) < 4.78 is 7.13. The van der Waals surface area contributed by atoms with Crippen LogP contribution < -0.4 is 10.5 Å². The molecule has 9 nitrogen and oxygen atoms in total. The first-order chi connectivity index (χ1) is 14.6. The van der Waals surface area contributed by atoms with Gasteiger partial charge in [-0.1, -0.05) is 0 Å². The molecule has 2 N–H and O–H groups in total. The number of nitrogens with two attached hydrogens (primary N) is 1. The first-order valence-corrected chi connectivity index (χ1v) is 9.89. The number of fused-ring (bicyclic) bond motifs is 1. The summed E-state index contributed by atoms with van der Waals surface area (Å²) in [5.74, 6) is 0.562. The van der Waals surface area contributed by atoms with Crippen molar-refractivity contribution in [3.05, 3.63) is 35.8 Å². The van der Waals surface area contributed by atoms with Gasteiger partial charge >= 0.3 is 0 Å². The van der Waals surface area contributed by atoms with Crippen molar-refractivity contribution in [2.75, 3.05) is 33.3 Å². The highest BCUT2D eigenvalue weighted by Crippen LogP contribution is 2.29. The van der Waals surface area contributed by atoms with Gasteiger partial charge in [-0.15, -0.1) is 0 Å². The monoisotopic (exact) mass is 404 g/mol. The van der Waals surface area contributed by atoms with Crippen molar-refractivity contribution in [3.8, 4) is 18.0 Å². The molecule has 9 heteroatoms. The lowest BCUT2D eigenvalue weighted by Crippen LogP contribution is -2.55. The highest BCUT2D eigenvalue weighted by Gasteiger charge is 2.35. The second-order valence-corrected chi connectivity index (χ2v) is 7.65. The van der Waals surface area contributed by atoms with Crippen LogP contribution in [-0.4, -0.2) is 70.5 Å². The summed E-state index contributed by atoms with van der Waals surface area (Å²) in [5, 5.41) is 22.6. The van der Waals surface area contributed by atoms with Gasteiger partial charge in [0.15, 0.2) is 6.19 Å². The van der Waals surface area contributed by atoms with E-state index in [9.17, 15) is 5.26 Å². The summed E-state index contributed by atoms with van der Waals surface area (Å²) in [4.78, 5) is 9.09. The standard InChI is InChI=1S/C21H24N8O/c1-14(26-17-10-28(11-17)18-3-4-27(12-18)13-24)19(7-23)15-5-20(30-2)21-16(6-22)8-25-29(21)9-15/h5,7-9,17-18H,3-4,10-12,23H2,1-2H3/b19-7+,26-14?/t18-/m0/s1. The SMILES string of the molecule is COc1cc(/C(=C/N)C(C)=NC2CN([C@H]3CCN(C#N)C3)C2)cn2ncc(C#N)c12. The maximum absolute atomic E-state index is 9.29. The van der Waals surface area contributed by atoms with E-state index in [-0.39, 0.29) is 6.04 Å². The van der Waals surface area contributed by atoms with Gasteiger partial charge in [0.25, 0.3) is 0 Å². The zero-order chi connectivity index (χ0) is 21.3. The normalized spacial score (nSPS) is 20.8. The summed E-state index contributed by atoms with van der Waals surface area (Å²) >= 11 is 0. The molecular weight excluding hydrogens is 380 g/mol. The van der Waals surface area contributed by atoms with Crippen LogP contribution >= 0.6 is 0 Å². The molecule has 0 saturated carbocycles. The largest absolute Gasteiger partial charge is 0.494 e. The molecule has 2 aromatic heterocycles. The van der Waals surface area contributed by atoms with Gasteiger partial charge in [0, 0.05) is 61.5 Å². The van der Waals surface area contributed by atoms with Gasteiger partial charge in [0.2, 0.25) is 0 Å². The molecule has 4 rings (SSSR count). The van der Waals surface area contributed by atoms with Crippen molar-refractivity contribution in [1.82, 2.24) is 19.4 Å². The van der Waals surface area contributed by atoms with E-state index in [4.69, 9.17) is 20.7 Å². The third-order valence-corrected chi connectivity index (χ3v) is 5.87. The fourth-order valence-electron chi connectivity index (χ4n) is 4.24. The topological polar surface area (TPSA) is 119 Å². The lowest BCUT2D eigenvalue weighted by Gasteiger charge is -2.41. The molecule has 0 unspecified atom stereocenters. The summed E-state index contributed by atoms with van der Waals surface area (Å²) in [6.07, 6.45) is 8.17. The highest BCUT2D eigenvalue weighted by atomic mass is 16.5. The average Bonchev–Trinajstić information content (AvgIpc) is 3.37. The summed E-state index contributed by atoms with van der Waals surface area (Å²) in [5.41, 5.74) is 9.52. The van der Waals surface area contributed by atoms with E-state index in [1.807, 2.05) is 24.1 Å². The second kappa shape index (κ2) is 8.05. The molecule has 0 amide bonds. The maximum Gasteiger partial charge on any atom is 0.179 e. The molecule has 154 valence electrons. The molecule has 0 spiro atoms. The molecule has 0 aromatic carbocycles. The molecule has 2 saturated heterocycles. The Morgan fingerprint density at radius 3 is 2.80 bits per heavy atom. The first-order valence-electron chi connectivity index (χ1n) is 9.89. The Morgan fingerprint density at radius 1 is 1.37 bits per heavy atom. The molecule has 0 bridgehead atoms. The van der Waals surface area contributed by atoms with E-state index < -0.39 is 0 Å². The van der Waals surface area contributed by atoms with Crippen LogP contribution in [0, 0.1) is 22.8 Å². The Morgan fingerprint density at radius 2 is 2.17 bits per heavy atom. The molecular formula is C21H24N8O. The number of methoxy groups -OCH3 is 1. The minimum atomic E-state index is 0.219. The van der Waals surface area contributed by atoms with E-state index in [0.717, 1.165) is 49.4 Å². The number of nitriles is 2. The maximum atomic E-state index is 9.29. The Hall–Kier alpha value is -3.56. The van der Waals surface area contributed by atoms with Crippen LogP contribution in [0.4, 0.5) is 0 Å². The smallest absolute Gasteiger partial charge is 0.179 e. The Balaban J connectivity index is 1.51. The van der Waals surface area contributed by atoms with Gasteiger partial charge in [0.05, 0.1) is 19.3 Å². The quantitative estimate of drug-likeness (QED) is 0.588. The molecule has 0 radical (unpaired) electrons. The summed E-state index contributed by atoms with van der Waals surface area (Å²) in [6, 6.07) is 4.66. The van der Waals surface area contributed by atoms with Crippen molar-refractivity contribution in [2.24, 2.45) is 10.7 Å². The number of ether oxygens (including phenoxy) is 1. The van der Waals surface area contributed by atoms with Gasteiger partial charge < -0.3 is 15.4 Å². The number of pyridine rings is 1. The van der Waals surface area contributed by atoms with Crippen LogP contribution in [0.3, 0.4) is 0 Å². The van der Waals surface area contributed by atoms with Crippen LogP contribution in [0.2, 0.25) is 0 Å². The van der Waals surface area contributed by atoms with Crippen molar-refractivity contribution in [1.29, 1.82) is 10.5 Å². The lowest BCUT2D eigenvalue weighted by atomic mass is 10.0. The van der Waals surface area contributed by atoms with Crippen LogP contribution in [0.15, 0.2) is 29.7 Å². The molecule has 2 fully saturated rings. The van der Waals surface area contributed by atoms with Crippen molar-refractivity contribution < 1.29 is 4.74 Å². The van der Waals surface area contributed by atoms with E-state index in [0.29, 0.717) is 22.9 Å². The number of hydrogen-bond acceptors (Lipinski definition) is 8. The zero-order valence-corrected chi connectivity index (χ0v) is 17.1. The number of allylic oxidation sites excluding steroid dienone is 1. The van der Waals surface area contributed by atoms with Crippen molar-refractivity contribution in [2.45, 2.75) is 25.4 Å². The Bertz CT molecular complexity index is 1100. The molecule has 2 aliphatic rings. The van der Waals surface area contributed by atoms with Crippen LogP contribution in [0.5, 0.6) is 5.75 Å². The fourth-order valence-corrected chi connectivity index (χ4v) is 4.24. The lowest BCUT2D eigenvalue weighted by molar-refractivity contribution is 0.101. The van der Waals surface area contributed by atoms with Crippen LogP contribution in [-0.2, 0) is 0 Å². The van der Waals surface area contributed by atoms with Crippen molar-refractivity contribution in [3.63, 3.8) is 0 Å². The highest BCUT2D eigenvalue weighted by molar-refractivity contribution is 6.22. The van der Waals surface area contributed by atoms with E-state index in [1.165, 1.54) is 6.20 Å². The van der Waals surface area contributed by atoms with E-state index in [2.05, 4.69) is 22.3 Å². The summed E-state index contributed by atoms with van der Waals surface area (Å²) in [7, 11) is 1.57. The average molecular weight is 404 g/mol. The predicted octanol–water partition coefficient (Wildman–Crippen LogP) is 1.21. The molecule has 2 aliphatic heterocycles. The van der Waals surface area contributed by atoms with Crippen molar-refractivity contribution >= 4 is 16.8 Å². The second-order valence-electron chi connectivity index (χ2n) is 7.65. The first kappa shape index (κ1) is 19.7. The number of hydrogen-bond donors (Lipinski definition) is 1. The molecule has 0 aliphatic carbocycles. The van der Waals surface area contributed by atoms with Crippen LogP contribution in [0.25, 0.3) is 11.1 Å².